The molecule has 1 aliphatic rings. The van der Waals surface area contributed by atoms with Crippen LogP contribution < -0.4 is 10.6 Å². The molecule has 0 spiro atoms. The van der Waals surface area contributed by atoms with Crippen LogP contribution in [0.1, 0.15) is 28.8 Å². The number of rotatable bonds is 3. The van der Waals surface area contributed by atoms with Crippen molar-refractivity contribution in [2.24, 2.45) is 0 Å². The van der Waals surface area contributed by atoms with Crippen LogP contribution in [0, 0.1) is 6.92 Å². The molecule has 2 N–H and O–H groups in total. The van der Waals surface area contributed by atoms with Gasteiger partial charge in [0.05, 0.1) is 4.90 Å². The molecule has 0 unspecified atom stereocenters. The SMILES string of the molecule is Cc1ccc(S(C)(=O)=O)cc1C(=O)N[C@H]1CCCNC1. The molecule has 1 atom stereocenters. The number of benzene rings is 1. The Morgan fingerprint density at radius 2 is 2.15 bits per heavy atom. The van der Waals surface area contributed by atoms with Crippen LogP contribution in [0.2, 0.25) is 0 Å². The minimum atomic E-state index is -3.30. The highest BCUT2D eigenvalue weighted by Crippen LogP contribution is 2.16. The number of carbonyl (C=O) groups excluding carboxylic acids is 1. The second-order valence-corrected chi connectivity index (χ2v) is 7.28. The average Bonchev–Trinajstić information content (AvgIpc) is 2.39. The van der Waals surface area contributed by atoms with Gasteiger partial charge in [-0.2, -0.15) is 0 Å². The summed E-state index contributed by atoms with van der Waals surface area (Å²) in [5.74, 6) is -0.207. The third-order valence-corrected chi connectivity index (χ3v) is 4.62. The first-order chi connectivity index (χ1) is 9.38. The average molecular weight is 296 g/mol. The van der Waals surface area contributed by atoms with Gasteiger partial charge >= 0.3 is 0 Å². The summed E-state index contributed by atoms with van der Waals surface area (Å²) in [6.07, 6.45) is 3.13. The standard InChI is InChI=1S/C14H20N2O3S/c1-10-5-6-12(20(2,18)19)8-13(10)14(17)16-11-4-3-7-15-9-11/h5-6,8,11,15H,3-4,7,9H2,1-2H3,(H,16,17)/t11-/m0/s1. The van der Waals surface area contributed by atoms with E-state index in [1.165, 1.54) is 12.1 Å². The van der Waals surface area contributed by atoms with Crippen molar-refractivity contribution in [2.45, 2.75) is 30.7 Å². The number of aryl methyl sites for hydroxylation is 1. The van der Waals surface area contributed by atoms with Crippen molar-refractivity contribution in [3.8, 4) is 0 Å². The third-order valence-electron chi connectivity index (χ3n) is 3.51. The maximum Gasteiger partial charge on any atom is 0.251 e. The molecule has 0 aromatic heterocycles. The molecule has 1 saturated heterocycles. The predicted octanol–water partition coefficient (Wildman–Crippen LogP) is 0.880. The highest BCUT2D eigenvalue weighted by atomic mass is 32.2. The maximum atomic E-state index is 12.3. The monoisotopic (exact) mass is 296 g/mol. The summed E-state index contributed by atoms with van der Waals surface area (Å²) >= 11 is 0. The first-order valence-electron chi connectivity index (χ1n) is 6.70. The van der Waals surface area contributed by atoms with Crippen molar-refractivity contribution in [2.75, 3.05) is 19.3 Å². The van der Waals surface area contributed by atoms with Gasteiger partial charge in [0, 0.05) is 24.4 Å². The van der Waals surface area contributed by atoms with Crippen molar-refractivity contribution in [3.05, 3.63) is 29.3 Å². The summed E-state index contributed by atoms with van der Waals surface area (Å²) in [6.45, 7) is 3.55. The molecular formula is C14H20N2O3S. The highest BCUT2D eigenvalue weighted by Gasteiger charge is 2.19. The van der Waals surface area contributed by atoms with Crippen LogP contribution in [-0.4, -0.2) is 39.7 Å². The Morgan fingerprint density at radius 3 is 2.75 bits per heavy atom. The number of nitrogens with one attached hydrogen (secondary N) is 2. The number of hydrogen-bond donors (Lipinski definition) is 2. The molecule has 1 amide bonds. The summed E-state index contributed by atoms with van der Waals surface area (Å²) < 4.78 is 23.1. The minimum absolute atomic E-state index is 0.109. The number of carbonyl (C=O) groups is 1. The summed E-state index contributed by atoms with van der Waals surface area (Å²) in [5.41, 5.74) is 1.21. The molecule has 1 heterocycles. The molecule has 20 heavy (non-hydrogen) atoms. The minimum Gasteiger partial charge on any atom is -0.348 e. The van der Waals surface area contributed by atoms with Crippen molar-refractivity contribution in [3.63, 3.8) is 0 Å². The van der Waals surface area contributed by atoms with E-state index in [-0.39, 0.29) is 16.8 Å². The Morgan fingerprint density at radius 1 is 1.40 bits per heavy atom. The Balaban J connectivity index is 2.20. The van der Waals surface area contributed by atoms with Crippen molar-refractivity contribution in [1.82, 2.24) is 10.6 Å². The zero-order valence-corrected chi connectivity index (χ0v) is 12.6. The van der Waals surface area contributed by atoms with E-state index in [1.54, 1.807) is 13.0 Å². The molecule has 2 rings (SSSR count). The maximum absolute atomic E-state index is 12.3. The smallest absolute Gasteiger partial charge is 0.251 e. The topological polar surface area (TPSA) is 75.3 Å². The van der Waals surface area contributed by atoms with Gasteiger partial charge in [-0.1, -0.05) is 6.07 Å². The first kappa shape index (κ1) is 15.0. The van der Waals surface area contributed by atoms with Crippen LogP contribution in [0.25, 0.3) is 0 Å². The van der Waals surface area contributed by atoms with Crippen LogP contribution in [0.5, 0.6) is 0 Å². The van der Waals surface area contributed by atoms with Crippen LogP contribution in [-0.2, 0) is 9.84 Å². The molecule has 0 radical (unpaired) electrons. The normalized spacial score (nSPS) is 19.6. The predicted molar refractivity (Wildman–Crippen MR) is 77.6 cm³/mol. The van der Waals surface area contributed by atoms with Gasteiger partial charge in [-0.05, 0) is 44.0 Å². The zero-order chi connectivity index (χ0) is 14.8. The van der Waals surface area contributed by atoms with E-state index in [2.05, 4.69) is 10.6 Å². The fourth-order valence-electron chi connectivity index (χ4n) is 2.31. The molecule has 1 fully saturated rings. The molecule has 0 bridgehead atoms. The van der Waals surface area contributed by atoms with Crippen LogP contribution in [0.15, 0.2) is 23.1 Å². The van der Waals surface area contributed by atoms with Gasteiger partial charge in [0.15, 0.2) is 9.84 Å². The van der Waals surface area contributed by atoms with E-state index in [1.807, 2.05) is 0 Å². The van der Waals surface area contributed by atoms with Crippen LogP contribution >= 0.6 is 0 Å². The Kier molecular flexibility index (Phi) is 4.45. The first-order valence-corrected chi connectivity index (χ1v) is 8.59. The molecule has 110 valence electrons. The van der Waals surface area contributed by atoms with Crippen molar-refractivity contribution < 1.29 is 13.2 Å². The van der Waals surface area contributed by atoms with Crippen LogP contribution in [0.4, 0.5) is 0 Å². The van der Waals surface area contributed by atoms with Crippen LogP contribution in [0.3, 0.4) is 0 Å². The molecule has 1 aromatic carbocycles. The lowest BCUT2D eigenvalue weighted by Gasteiger charge is -2.24. The van der Waals surface area contributed by atoms with Crippen molar-refractivity contribution in [1.29, 1.82) is 0 Å². The van der Waals surface area contributed by atoms with Gasteiger partial charge in [0.2, 0.25) is 0 Å². The van der Waals surface area contributed by atoms with E-state index in [0.29, 0.717) is 5.56 Å². The van der Waals surface area contributed by atoms with E-state index in [0.717, 1.165) is 37.8 Å². The molecule has 1 aromatic rings. The Labute approximate surface area is 119 Å². The second-order valence-electron chi connectivity index (χ2n) is 5.27. The fraction of sp³-hybridized carbons (Fsp3) is 0.500. The summed E-state index contributed by atoms with van der Waals surface area (Å²) in [7, 11) is -3.30. The largest absolute Gasteiger partial charge is 0.348 e. The highest BCUT2D eigenvalue weighted by molar-refractivity contribution is 7.90. The molecule has 0 aliphatic carbocycles. The lowest BCUT2D eigenvalue weighted by molar-refractivity contribution is 0.0930. The van der Waals surface area contributed by atoms with E-state index >= 15 is 0 Å². The quantitative estimate of drug-likeness (QED) is 0.868. The Bertz CT molecular complexity index is 605. The van der Waals surface area contributed by atoms with Gasteiger partial charge in [0.1, 0.15) is 0 Å². The van der Waals surface area contributed by atoms with Gasteiger partial charge < -0.3 is 10.6 Å². The van der Waals surface area contributed by atoms with E-state index < -0.39 is 9.84 Å². The lowest BCUT2D eigenvalue weighted by atomic mass is 10.1. The van der Waals surface area contributed by atoms with Gasteiger partial charge in [-0.25, -0.2) is 8.42 Å². The molecule has 6 heteroatoms. The van der Waals surface area contributed by atoms with Gasteiger partial charge in [0.25, 0.3) is 5.91 Å². The summed E-state index contributed by atoms with van der Waals surface area (Å²) in [5, 5.41) is 6.19. The molecule has 1 aliphatic heterocycles. The number of hydrogen-bond acceptors (Lipinski definition) is 4. The van der Waals surface area contributed by atoms with E-state index in [4.69, 9.17) is 0 Å². The van der Waals surface area contributed by atoms with Crippen molar-refractivity contribution >= 4 is 15.7 Å². The lowest BCUT2D eigenvalue weighted by Crippen LogP contribution is -2.45. The van der Waals surface area contributed by atoms with E-state index in [9.17, 15) is 13.2 Å². The molecule has 5 nitrogen and oxygen atoms in total. The molecule has 0 saturated carbocycles. The number of piperidine rings is 1. The molecular weight excluding hydrogens is 276 g/mol. The second kappa shape index (κ2) is 5.93. The third kappa shape index (κ3) is 3.58. The zero-order valence-electron chi connectivity index (χ0n) is 11.8. The summed E-state index contributed by atoms with van der Waals surface area (Å²) in [4.78, 5) is 12.5. The number of amides is 1. The fourth-order valence-corrected chi connectivity index (χ4v) is 2.96. The summed E-state index contributed by atoms with van der Waals surface area (Å²) in [6, 6.07) is 4.77. The van der Waals surface area contributed by atoms with Gasteiger partial charge in [-0.15, -0.1) is 0 Å². The Hall–Kier alpha value is -1.40. The van der Waals surface area contributed by atoms with Gasteiger partial charge in [-0.3, -0.25) is 4.79 Å². The number of sulfone groups is 1.